The molecule has 1 aromatic carbocycles. The summed E-state index contributed by atoms with van der Waals surface area (Å²) in [6, 6.07) is 5.94. The maximum Gasteiger partial charge on any atom is 0.166 e. The van der Waals surface area contributed by atoms with Crippen LogP contribution >= 0.6 is 0 Å². The standard InChI is InChI=1S/C14H19FO2/c1-3-5-13(16)14(17-10-4-2)11-6-8-12(15)9-7-11/h6-9,14H,3-5,10H2,1-2H3. The summed E-state index contributed by atoms with van der Waals surface area (Å²) in [5, 5.41) is 0. The summed E-state index contributed by atoms with van der Waals surface area (Å²) >= 11 is 0. The molecule has 0 heterocycles. The second kappa shape index (κ2) is 7.17. The lowest BCUT2D eigenvalue weighted by molar-refractivity contribution is -0.131. The van der Waals surface area contributed by atoms with Gasteiger partial charge in [-0.2, -0.15) is 0 Å². The molecule has 0 aliphatic carbocycles. The van der Waals surface area contributed by atoms with E-state index < -0.39 is 6.10 Å². The van der Waals surface area contributed by atoms with Crippen LogP contribution in [0.2, 0.25) is 0 Å². The van der Waals surface area contributed by atoms with Crippen LogP contribution in [0.1, 0.15) is 44.8 Å². The van der Waals surface area contributed by atoms with Crippen LogP contribution in [0.15, 0.2) is 24.3 Å². The normalized spacial score (nSPS) is 12.4. The zero-order valence-corrected chi connectivity index (χ0v) is 10.4. The summed E-state index contributed by atoms with van der Waals surface area (Å²) < 4.78 is 18.4. The Bertz CT molecular complexity index is 346. The van der Waals surface area contributed by atoms with Gasteiger partial charge in [0.15, 0.2) is 5.78 Å². The first-order chi connectivity index (χ1) is 8.19. The van der Waals surface area contributed by atoms with Crippen LogP contribution in [-0.2, 0) is 9.53 Å². The Kier molecular flexibility index (Phi) is 5.84. The Hall–Kier alpha value is -1.22. The van der Waals surface area contributed by atoms with Gasteiger partial charge in [-0.05, 0) is 30.5 Å². The number of ketones is 1. The summed E-state index contributed by atoms with van der Waals surface area (Å²) in [6.07, 6.45) is 1.60. The van der Waals surface area contributed by atoms with Crippen molar-refractivity contribution in [2.24, 2.45) is 0 Å². The minimum atomic E-state index is -0.546. The van der Waals surface area contributed by atoms with Gasteiger partial charge in [0.2, 0.25) is 0 Å². The van der Waals surface area contributed by atoms with Gasteiger partial charge in [0, 0.05) is 13.0 Å². The Morgan fingerprint density at radius 2 is 1.88 bits per heavy atom. The number of benzene rings is 1. The van der Waals surface area contributed by atoms with E-state index in [1.165, 1.54) is 12.1 Å². The summed E-state index contributed by atoms with van der Waals surface area (Å²) in [6.45, 7) is 4.49. The predicted molar refractivity (Wildman–Crippen MR) is 65.3 cm³/mol. The average molecular weight is 238 g/mol. The van der Waals surface area contributed by atoms with Crippen LogP contribution in [0.5, 0.6) is 0 Å². The number of Topliss-reactive ketones (excluding diaryl/α,β-unsaturated/α-hetero) is 1. The van der Waals surface area contributed by atoms with E-state index in [1.807, 2.05) is 13.8 Å². The molecule has 0 saturated carbocycles. The number of rotatable bonds is 7. The molecule has 0 fully saturated rings. The Labute approximate surface area is 102 Å². The Balaban J connectivity index is 2.81. The first-order valence-corrected chi connectivity index (χ1v) is 6.08. The molecule has 0 aromatic heterocycles. The molecule has 0 radical (unpaired) electrons. The fourth-order valence-electron chi connectivity index (χ4n) is 1.63. The van der Waals surface area contributed by atoms with Gasteiger partial charge in [0.05, 0.1) is 0 Å². The first-order valence-electron chi connectivity index (χ1n) is 6.08. The summed E-state index contributed by atoms with van der Waals surface area (Å²) in [4.78, 5) is 11.9. The van der Waals surface area contributed by atoms with E-state index in [0.29, 0.717) is 13.0 Å². The second-order valence-corrected chi connectivity index (χ2v) is 4.02. The van der Waals surface area contributed by atoms with Gasteiger partial charge in [0.1, 0.15) is 11.9 Å². The molecular formula is C14H19FO2. The molecule has 17 heavy (non-hydrogen) atoms. The lowest BCUT2D eigenvalue weighted by Crippen LogP contribution is -2.16. The first kappa shape index (κ1) is 13.8. The molecule has 2 nitrogen and oxygen atoms in total. The van der Waals surface area contributed by atoms with Crippen molar-refractivity contribution in [2.75, 3.05) is 6.61 Å². The van der Waals surface area contributed by atoms with E-state index in [4.69, 9.17) is 4.74 Å². The van der Waals surface area contributed by atoms with E-state index in [-0.39, 0.29) is 11.6 Å². The zero-order valence-electron chi connectivity index (χ0n) is 10.4. The maximum atomic E-state index is 12.8. The number of halogens is 1. The SMILES string of the molecule is CCCOC(C(=O)CCC)c1ccc(F)cc1. The summed E-state index contributed by atoms with van der Waals surface area (Å²) in [7, 11) is 0. The molecule has 1 aromatic rings. The van der Waals surface area contributed by atoms with Crippen molar-refractivity contribution >= 4 is 5.78 Å². The molecule has 0 bridgehead atoms. The number of carbonyl (C=O) groups excluding carboxylic acids is 1. The molecule has 0 amide bonds. The monoisotopic (exact) mass is 238 g/mol. The van der Waals surface area contributed by atoms with Gasteiger partial charge in [-0.15, -0.1) is 0 Å². The van der Waals surface area contributed by atoms with Crippen LogP contribution in [0.4, 0.5) is 4.39 Å². The van der Waals surface area contributed by atoms with Crippen LogP contribution in [0, 0.1) is 5.82 Å². The van der Waals surface area contributed by atoms with Crippen LogP contribution < -0.4 is 0 Å². The minimum absolute atomic E-state index is 0.0626. The number of ether oxygens (including phenoxy) is 1. The highest BCUT2D eigenvalue weighted by Gasteiger charge is 2.19. The van der Waals surface area contributed by atoms with Gasteiger partial charge in [0.25, 0.3) is 0 Å². The molecule has 0 N–H and O–H groups in total. The lowest BCUT2D eigenvalue weighted by Gasteiger charge is -2.16. The van der Waals surface area contributed by atoms with Crippen molar-refractivity contribution in [3.63, 3.8) is 0 Å². The van der Waals surface area contributed by atoms with E-state index in [2.05, 4.69) is 0 Å². The molecule has 3 heteroatoms. The van der Waals surface area contributed by atoms with Crippen molar-refractivity contribution in [3.8, 4) is 0 Å². The van der Waals surface area contributed by atoms with E-state index in [9.17, 15) is 9.18 Å². The van der Waals surface area contributed by atoms with Crippen molar-refractivity contribution in [1.29, 1.82) is 0 Å². The van der Waals surface area contributed by atoms with Gasteiger partial charge in [-0.25, -0.2) is 4.39 Å². The molecular weight excluding hydrogens is 219 g/mol. The van der Waals surface area contributed by atoms with Crippen LogP contribution in [-0.4, -0.2) is 12.4 Å². The minimum Gasteiger partial charge on any atom is -0.366 e. The quantitative estimate of drug-likeness (QED) is 0.724. The third kappa shape index (κ3) is 4.27. The molecule has 1 rings (SSSR count). The van der Waals surface area contributed by atoms with Crippen molar-refractivity contribution in [3.05, 3.63) is 35.6 Å². The third-order valence-electron chi connectivity index (χ3n) is 2.45. The lowest BCUT2D eigenvalue weighted by atomic mass is 10.0. The van der Waals surface area contributed by atoms with E-state index in [1.54, 1.807) is 12.1 Å². The number of hydrogen-bond acceptors (Lipinski definition) is 2. The third-order valence-corrected chi connectivity index (χ3v) is 2.45. The van der Waals surface area contributed by atoms with E-state index in [0.717, 1.165) is 18.4 Å². The fraction of sp³-hybridized carbons (Fsp3) is 0.500. The zero-order chi connectivity index (χ0) is 12.7. The topological polar surface area (TPSA) is 26.3 Å². The molecule has 0 aliphatic rings. The molecule has 0 aliphatic heterocycles. The molecule has 0 spiro atoms. The van der Waals surface area contributed by atoms with Gasteiger partial charge >= 0.3 is 0 Å². The highest BCUT2D eigenvalue weighted by atomic mass is 19.1. The van der Waals surface area contributed by atoms with Crippen molar-refractivity contribution < 1.29 is 13.9 Å². The van der Waals surface area contributed by atoms with Gasteiger partial charge in [-0.1, -0.05) is 26.0 Å². The molecule has 1 unspecified atom stereocenters. The largest absolute Gasteiger partial charge is 0.366 e. The fourth-order valence-corrected chi connectivity index (χ4v) is 1.63. The Morgan fingerprint density at radius 1 is 1.24 bits per heavy atom. The number of carbonyl (C=O) groups is 1. The Morgan fingerprint density at radius 3 is 2.41 bits per heavy atom. The molecule has 94 valence electrons. The maximum absolute atomic E-state index is 12.8. The van der Waals surface area contributed by atoms with E-state index >= 15 is 0 Å². The smallest absolute Gasteiger partial charge is 0.166 e. The summed E-state index contributed by atoms with van der Waals surface area (Å²) in [5.74, 6) is -0.238. The average Bonchev–Trinajstić information content (AvgIpc) is 2.32. The summed E-state index contributed by atoms with van der Waals surface area (Å²) in [5.41, 5.74) is 0.735. The second-order valence-electron chi connectivity index (χ2n) is 4.02. The van der Waals surface area contributed by atoms with Crippen LogP contribution in [0.3, 0.4) is 0 Å². The van der Waals surface area contributed by atoms with Crippen molar-refractivity contribution in [2.45, 2.75) is 39.2 Å². The van der Waals surface area contributed by atoms with Crippen molar-refractivity contribution in [1.82, 2.24) is 0 Å². The van der Waals surface area contributed by atoms with Crippen LogP contribution in [0.25, 0.3) is 0 Å². The highest BCUT2D eigenvalue weighted by Crippen LogP contribution is 2.21. The molecule has 1 atom stereocenters. The number of hydrogen-bond donors (Lipinski definition) is 0. The molecule has 0 saturated heterocycles. The van der Waals surface area contributed by atoms with Gasteiger partial charge < -0.3 is 4.74 Å². The van der Waals surface area contributed by atoms with Gasteiger partial charge in [-0.3, -0.25) is 4.79 Å². The predicted octanol–water partition coefficient (Wildman–Crippen LogP) is 3.66. The highest BCUT2D eigenvalue weighted by molar-refractivity contribution is 5.84.